The van der Waals surface area contributed by atoms with Gasteiger partial charge in [-0.25, -0.2) is 13.8 Å². The molecule has 4 rings (SSSR count). The molecule has 0 N–H and O–H groups in total. The van der Waals surface area contributed by atoms with Crippen LogP contribution in [0.1, 0.15) is 27.5 Å². The highest BCUT2D eigenvalue weighted by Gasteiger charge is 2.29. The molecule has 0 atom stereocenters. The molecule has 3 aromatic rings. The Hall–Kier alpha value is -2.54. The molecule has 1 amide bonds. The second kappa shape index (κ2) is 9.30. The minimum absolute atomic E-state index is 0.161. The highest BCUT2D eigenvalue weighted by atomic mass is 35.5. The SMILES string of the molecule is O=C(c1cc(Cl)nc(Cl)c1)N1CCN(C(c2ccc(F)cc2)c2ccc(F)cc2)CC1. The number of rotatable bonds is 4. The molecule has 0 bridgehead atoms. The third-order valence-electron chi connectivity index (χ3n) is 5.35. The fourth-order valence-electron chi connectivity index (χ4n) is 3.86. The number of aromatic nitrogens is 1. The maximum absolute atomic E-state index is 13.5. The van der Waals surface area contributed by atoms with E-state index in [0.717, 1.165) is 11.1 Å². The Morgan fingerprint density at radius 3 is 1.71 bits per heavy atom. The van der Waals surface area contributed by atoms with Crippen molar-refractivity contribution in [3.63, 3.8) is 0 Å². The molecule has 1 aliphatic heterocycles. The molecule has 4 nitrogen and oxygen atoms in total. The summed E-state index contributed by atoms with van der Waals surface area (Å²) in [5.74, 6) is -0.788. The minimum atomic E-state index is -0.313. The van der Waals surface area contributed by atoms with Crippen molar-refractivity contribution in [2.75, 3.05) is 26.2 Å². The van der Waals surface area contributed by atoms with Crippen LogP contribution in [-0.2, 0) is 0 Å². The number of pyridine rings is 1. The number of hydrogen-bond acceptors (Lipinski definition) is 3. The molecular formula is C23H19Cl2F2N3O. The number of piperazine rings is 1. The molecule has 0 aliphatic carbocycles. The number of carbonyl (C=O) groups excluding carboxylic acids is 1. The zero-order valence-electron chi connectivity index (χ0n) is 16.4. The first-order chi connectivity index (χ1) is 14.9. The molecule has 0 radical (unpaired) electrons. The second-order valence-electron chi connectivity index (χ2n) is 7.34. The summed E-state index contributed by atoms with van der Waals surface area (Å²) in [6, 6.07) is 15.5. The van der Waals surface area contributed by atoms with Crippen molar-refractivity contribution in [3.05, 3.63) is 99.3 Å². The van der Waals surface area contributed by atoms with Crippen molar-refractivity contribution < 1.29 is 13.6 Å². The predicted octanol–water partition coefficient (Wildman–Crippen LogP) is 5.21. The Labute approximate surface area is 189 Å². The monoisotopic (exact) mass is 461 g/mol. The summed E-state index contributed by atoms with van der Waals surface area (Å²) in [6.07, 6.45) is 0. The summed E-state index contributed by atoms with van der Waals surface area (Å²) in [7, 11) is 0. The summed E-state index contributed by atoms with van der Waals surface area (Å²) in [4.78, 5) is 20.7. The number of hydrogen-bond donors (Lipinski definition) is 0. The van der Waals surface area contributed by atoms with Gasteiger partial charge in [-0.2, -0.15) is 0 Å². The van der Waals surface area contributed by atoms with Gasteiger partial charge in [0.25, 0.3) is 5.91 Å². The van der Waals surface area contributed by atoms with Gasteiger partial charge in [-0.15, -0.1) is 0 Å². The predicted molar refractivity (Wildman–Crippen MR) is 116 cm³/mol. The van der Waals surface area contributed by atoms with Crippen LogP contribution >= 0.6 is 23.2 Å². The van der Waals surface area contributed by atoms with Crippen LogP contribution in [0.25, 0.3) is 0 Å². The topological polar surface area (TPSA) is 36.4 Å². The molecule has 1 saturated heterocycles. The van der Waals surface area contributed by atoms with E-state index in [-0.39, 0.29) is 33.9 Å². The van der Waals surface area contributed by atoms with Crippen LogP contribution in [0.2, 0.25) is 10.3 Å². The van der Waals surface area contributed by atoms with E-state index < -0.39 is 0 Å². The molecule has 1 fully saturated rings. The lowest BCUT2D eigenvalue weighted by Crippen LogP contribution is -2.49. The Morgan fingerprint density at radius 1 is 0.806 bits per heavy atom. The van der Waals surface area contributed by atoms with Crippen LogP contribution in [0.15, 0.2) is 60.7 Å². The molecule has 8 heteroatoms. The molecule has 160 valence electrons. The highest BCUT2D eigenvalue weighted by molar-refractivity contribution is 6.33. The summed E-state index contributed by atoms with van der Waals surface area (Å²) in [5.41, 5.74) is 2.20. The van der Waals surface area contributed by atoms with Crippen LogP contribution in [-0.4, -0.2) is 46.9 Å². The van der Waals surface area contributed by atoms with E-state index in [1.165, 1.54) is 36.4 Å². The van der Waals surface area contributed by atoms with Gasteiger partial charge in [-0.05, 0) is 47.5 Å². The molecule has 0 unspecified atom stereocenters. The van der Waals surface area contributed by atoms with E-state index in [9.17, 15) is 13.6 Å². The normalized spacial score (nSPS) is 14.8. The van der Waals surface area contributed by atoms with Gasteiger partial charge in [0.15, 0.2) is 0 Å². The standard InChI is InChI=1S/C23H19Cl2F2N3O/c24-20-13-17(14-21(25)28-20)23(31)30-11-9-29(10-12-30)22(15-1-5-18(26)6-2-15)16-3-7-19(27)8-4-16/h1-8,13-14,22H,9-12H2. The quantitative estimate of drug-likeness (QED) is 0.500. The van der Waals surface area contributed by atoms with Gasteiger partial charge in [-0.1, -0.05) is 47.5 Å². The summed E-state index contributed by atoms with van der Waals surface area (Å²) >= 11 is 11.9. The highest BCUT2D eigenvalue weighted by Crippen LogP contribution is 2.30. The maximum Gasteiger partial charge on any atom is 0.254 e. The third-order valence-corrected chi connectivity index (χ3v) is 5.74. The summed E-state index contributed by atoms with van der Waals surface area (Å²) in [6.45, 7) is 2.18. The molecule has 1 aromatic heterocycles. The van der Waals surface area contributed by atoms with Crippen molar-refractivity contribution >= 4 is 29.1 Å². The molecule has 1 aliphatic rings. The van der Waals surface area contributed by atoms with Crippen molar-refractivity contribution in [2.24, 2.45) is 0 Å². The second-order valence-corrected chi connectivity index (χ2v) is 8.11. The number of amides is 1. The van der Waals surface area contributed by atoms with E-state index in [0.29, 0.717) is 31.7 Å². The smallest absolute Gasteiger partial charge is 0.254 e. The Bertz CT molecular complexity index is 1000. The number of carbonyl (C=O) groups is 1. The summed E-state index contributed by atoms with van der Waals surface area (Å²) in [5, 5.41) is 0.337. The van der Waals surface area contributed by atoms with Crippen molar-refractivity contribution in [2.45, 2.75) is 6.04 Å². The van der Waals surface area contributed by atoms with Crippen LogP contribution in [0.3, 0.4) is 0 Å². The van der Waals surface area contributed by atoms with Gasteiger partial charge < -0.3 is 4.90 Å². The first kappa shape index (κ1) is 21.7. The fraction of sp³-hybridized carbons (Fsp3) is 0.217. The van der Waals surface area contributed by atoms with E-state index in [4.69, 9.17) is 23.2 Å². The molecule has 0 spiro atoms. The number of nitrogens with zero attached hydrogens (tertiary/aromatic N) is 3. The van der Waals surface area contributed by atoms with Crippen LogP contribution < -0.4 is 0 Å². The van der Waals surface area contributed by atoms with Crippen molar-refractivity contribution in [1.29, 1.82) is 0 Å². The van der Waals surface area contributed by atoms with Gasteiger partial charge in [-0.3, -0.25) is 9.69 Å². The van der Waals surface area contributed by atoms with Gasteiger partial charge in [0, 0.05) is 31.7 Å². The lowest BCUT2D eigenvalue weighted by atomic mass is 9.96. The fourth-order valence-corrected chi connectivity index (χ4v) is 4.32. The van der Waals surface area contributed by atoms with Crippen LogP contribution in [0.4, 0.5) is 8.78 Å². The first-order valence-corrected chi connectivity index (χ1v) is 10.5. The minimum Gasteiger partial charge on any atom is -0.336 e. The van der Waals surface area contributed by atoms with Gasteiger partial charge in [0.2, 0.25) is 0 Å². The Balaban J connectivity index is 1.54. The maximum atomic E-state index is 13.5. The molecular weight excluding hydrogens is 443 g/mol. The largest absolute Gasteiger partial charge is 0.336 e. The molecule has 0 saturated carbocycles. The number of halogens is 4. The zero-order chi connectivity index (χ0) is 22.0. The van der Waals surface area contributed by atoms with Crippen molar-refractivity contribution in [3.8, 4) is 0 Å². The molecule has 31 heavy (non-hydrogen) atoms. The average molecular weight is 462 g/mol. The Morgan fingerprint density at radius 2 is 1.26 bits per heavy atom. The van der Waals surface area contributed by atoms with E-state index in [2.05, 4.69) is 9.88 Å². The van der Waals surface area contributed by atoms with Gasteiger partial charge >= 0.3 is 0 Å². The molecule has 2 heterocycles. The average Bonchev–Trinajstić information content (AvgIpc) is 2.76. The van der Waals surface area contributed by atoms with E-state index >= 15 is 0 Å². The van der Waals surface area contributed by atoms with Gasteiger partial charge in [0.1, 0.15) is 21.9 Å². The van der Waals surface area contributed by atoms with Crippen LogP contribution in [0.5, 0.6) is 0 Å². The lowest BCUT2D eigenvalue weighted by Gasteiger charge is -2.39. The van der Waals surface area contributed by atoms with E-state index in [1.807, 2.05) is 0 Å². The Kier molecular flexibility index (Phi) is 6.51. The van der Waals surface area contributed by atoms with Gasteiger partial charge in [0.05, 0.1) is 6.04 Å². The number of benzene rings is 2. The zero-order valence-corrected chi connectivity index (χ0v) is 18.0. The third kappa shape index (κ3) is 5.03. The van der Waals surface area contributed by atoms with Crippen LogP contribution in [0, 0.1) is 11.6 Å². The first-order valence-electron chi connectivity index (χ1n) is 9.78. The molecule has 2 aromatic carbocycles. The lowest BCUT2D eigenvalue weighted by molar-refractivity contribution is 0.0597. The van der Waals surface area contributed by atoms with Crippen molar-refractivity contribution in [1.82, 2.24) is 14.8 Å². The summed E-state index contributed by atoms with van der Waals surface area (Å²) < 4.78 is 27.0. The van der Waals surface area contributed by atoms with E-state index in [1.54, 1.807) is 29.2 Å².